The van der Waals surface area contributed by atoms with Gasteiger partial charge < -0.3 is 10.1 Å². The fraction of sp³-hybridized carbons (Fsp3) is 0.250. The first-order valence-corrected chi connectivity index (χ1v) is 7.97. The molecule has 5 heteroatoms. The van der Waals surface area contributed by atoms with E-state index in [4.69, 9.17) is 4.74 Å². The van der Waals surface area contributed by atoms with Crippen molar-refractivity contribution < 1.29 is 19.1 Å². The van der Waals surface area contributed by atoms with E-state index in [2.05, 4.69) is 5.32 Å². The Kier molecular flexibility index (Phi) is 5.70. The van der Waals surface area contributed by atoms with Crippen LogP contribution in [0.1, 0.15) is 45.7 Å². The molecule has 2 rings (SSSR count). The van der Waals surface area contributed by atoms with Crippen molar-refractivity contribution in [3.63, 3.8) is 0 Å². The van der Waals surface area contributed by atoms with E-state index in [1.165, 1.54) is 13.8 Å². The summed E-state index contributed by atoms with van der Waals surface area (Å²) < 4.78 is 5.24. The Bertz CT molecular complexity index is 789. The summed E-state index contributed by atoms with van der Waals surface area (Å²) in [5, 5.41) is 2.66. The zero-order chi connectivity index (χ0) is 18.6. The molecule has 130 valence electrons. The van der Waals surface area contributed by atoms with Gasteiger partial charge in [-0.2, -0.15) is 0 Å². The summed E-state index contributed by atoms with van der Waals surface area (Å²) in [5.41, 5.74) is 3.42. The lowest BCUT2D eigenvalue weighted by Crippen LogP contribution is -2.30. The van der Waals surface area contributed by atoms with Crippen molar-refractivity contribution in [2.24, 2.45) is 0 Å². The Hall–Kier alpha value is -2.95. The van der Waals surface area contributed by atoms with Crippen LogP contribution in [0.25, 0.3) is 0 Å². The number of anilines is 1. The quantitative estimate of drug-likeness (QED) is 0.666. The number of aryl methyl sites for hydroxylation is 2. The average Bonchev–Trinajstić information content (AvgIpc) is 2.54. The number of Topliss-reactive ketones (excluding diaryl/α,β-unsaturated/α-hetero) is 1. The second-order valence-electron chi connectivity index (χ2n) is 6.05. The smallest absolute Gasteiger partial charge is 0.338 e. The molecule has 0 fully saturated rings. The molecule has 0 saturated heterocycles. The molecule has 1 N–H and O–H groups in total. The first-order chi connectivity index (χ1) is 11.8. The van der Waals surface area contributed by atoms with Crippen molar-refractivity contribution in [1.82, 2.24) is 0 Å². The summed E-state index contributed by atoms with van der Waals surface area (Å²) >= 11 is 0. The number of carbonyl (C=O) groups is 3. The first kappa shape index (κ1) is 18.4. The number of hydrogen-bond acceptors (Lipinski definition) is 4. The maximum atomic E-state index is 12.2. The van der Waals surface area contributed by atoms with Gasteiger partial charge in [-0.25, -0.2) is 4.79 Å². The first-order valence-electron chi connectivity index (χ1n) is 7.97. The normalized spacial score (nSPS) is 11.5. The SMILES string of the molecule is CC(=O)c1ccc(NC(=O)C(C)OC(=O)c2cc(C)cc(C)c2)cc1. The summed E-state index contributed by atoms with van der Waals surface area (Å²) in [7, 11) is 0. The molecule has 0 heterocycles. The Labute approximate surface area is 147 Å². The van der Waals surface area contributed by atoms with E-state index in [9.17, 15) is 14.4 Å². The molecule has 0 bridgehead atoms. The van der Waals surface area contributed by atoms with Crippen LogP contribution < -0.4 is 5.32 Å². The van der Waals surface area contributed by atoms with Crippen LogP contribution in [0, 0.1) is 13.8 Å². The molecule has 0 aromatic heterocycles. The molecule has 0 saturated carbocycles. The zero-order valence-electron chi connectivity index (χ0n) is 14.8. The number of nitrogens with one attached hydrogen (secondary N) is 1. The van der Waals surface area contributed by atoms with Gasteiger partial charge in [-0.3, -0.25) is 9.59 Å². The van der Waals surface area contributed by atoms with Gasteiger partial charge in [-0.1, -0.05) is 17.2 Å². The van der Waals surface area contributed by atoms with Crippen LogP contribution in [0.3, 0.4) is 0 Å². The second-order valence-corrected chi connectivity index (χ2v) is 6.05. The fourth-order valence-corrected chi connectivity index (χ4v) is 2.41. The summed E-state index contributed by atoms with van der Waals surface area (Å²) in [4.78, 5) is 35.6. The largest absolute Gasteiger partial charge is 0.449 e. The molecule has 1 unspecified atom stereocenters. The molecule has 0 radical (unpaired) electrons. The predicted molar refractivity (Wildman–Crippen MR) is 95.9 cm³/mol. The van der Waals surface area contributed by atoms with E-state index in [0.29, 0.717) is 16.8 Å². The van der Waals surface area contributed by atoms with Gasteiger partial charge in [0.2, 0.25) is 0 Å². The van der Waals surface area contributed by atoms with E-state index in [1.807, 2.05) is 19.9 Å². The van der Waals surface area contributed by atoms with Crippen molar-refractivity contribution in [3.8, 4) is 0 Å². The lowest BCUT2D eigenvalue weighted by atomic mass is 10.1. The van der Waals surface area contributed by atoms with Gasteiger partial charge in [0, 0.05) is 11.3 Å². The van der Waals surface area contributed by atoms with Crippen LogP contribution in [0.15, 0.2) is 42.5 Å². The molecule has 5 nitrogen and oxygen atoms in total. The lowest BCUT2D eigenvalue weighted by molar-refractivity contribution is -0.123. The Morgan fingerprint density at radius 2 is 1.48 bits per heavy atom. The number of amides is 1. The minimum atomic E-state index is -0.944. The van der Waals surface area contributed by atoms with E-state index >= 15 is 0 Å². The third kappa shape index (κ3) is 5.01. The highest BCUT2D eigenvalue weighted by Crippen LogP contribution is 2.13. The van der Waals surface area contributed by atoms with Crippen LogP contribution in [0.2, 0.25) is 0 Å². The summed E-state index contributed by atoms with van der Waals surface area (Å²) in [6.45, 7) is 6.77. The minimum Gasteiger partial charge on any atom is -0.449 e. The number of esters is 1. The highest BCUT2D eigenvalue weighted by Gasteiger charge is 2.19. The third-order valence-electron chi connectivity index (χ3n) is 3.67. The van der Waals surface area contributed by atoms with Crippen LogP contribution in [0.4, 0.5) is 5.69 Å². The number of hydrogen-bond donors (Lipinski definition) is 1. The molecule has 0 aliphatic heterocycles. The number of ether oxygens (including phenoxy) is 1. The molecule has 25 heavy (non-hydrogen) atoms. The van der Waals surface area contributed by atoms with E-state index in [-0.39, 0.29) is 5.78 Å². The average molecular weight is 339 g/mol. The number of ketones is 1. The molecular formula is C20H21NO4. The number of benzene rings is 2. The van der Waals surface area contributed by atoms with Gasteiger partial charge >= 0.3 is 5.97 Å². The number of rotatable bonds is 5. The Morgan fingerprint density at radius 3 is 2.00 bits per heavy atom. The zero-order valence-corrected chi connectivity index (χ0v) is 14.8. The van der Waals surface area contributed by atoms with Gasteiger partial charge in [-0.15, -0.1) is 0 Å². The van der Waals surface area contributed by atoms with Gasteiger partial charge in [0.15, 0.2) is 11.9 Å². The van der Waals surface area contributed by atoms with Crippen molar-refractivity contribution in [2.75, 3.05) is 5.32 Å². The molecule has 0 spiro atoms. The molecule has 0 aliphatic carbocycles. The lowest BCUT2D eigenvalue weighted by Gasteiger charge is -2.14. The molecule has 0 aliphatic rings. The van der Waals surface area contributed by atoms with Crippen molar-refractivity contribution in [2.45, 2.75) is 33.8 Å². The van der Waals surface area contributed by atoms with Gasteiger partial charge in [0.1, 0.15) is 0 Å². The minimum absolute atomic E-state index is 0.0476. The van der Waals surface area contributed by atoms with Crippen molar-refractivity contribution in [1.29, 1.82) is 0 Å². The van der Waals surface area contributed by atoms with Crippen molar-refractivity contribution >= 4 is 23.3 Å². The molecule has 2 aromatic rings. The van der Waals surface area contributed by atoms with Crippen molar-refractivity contribution in [3.05, 3.63) is 64.7 Å². The van der Waals surface area contributed by atoms with Gasteiger partial charge in [0.05, 0.1) is 5.56 Å². The second kappa shape index (κ2) is 7.75. The Morgan fingerprint density at radius 1 is 0.920 bits per heavy atom. The summed E-state index contributed by atoms with van der Waals surface area (Å²) in [6, 6.07) is 11.9. The molecule has 2 aromatic carbocycles. The van der Waals surface area contributed by atoms with Gasteiger partial charge in [0.25, 0.3) is 5.91 Å². The van der Waals surface area contributed by atoms with Gasteiger partial charge in [-0.05, 0) is 64.1 Å². The van der Waals surface area contributed by atoms with E-state index in [1.54, 1.807) is 36.4 Å². The predicted octanol–water partition coefficient (Wildman–Crippen LogP) is 3.69. The van der Waals surface area contributed by atoms with Crippen LogP contribution in [-0.4, -0.2) is 23.8 Å². The van der Waals surface area contributed by atoms with Crippen LogP contribution >= 0.6 is 0 Å². The van der Waals surface area contributed by atoms with E-state index in [0.717, 1.165) is 11.1 Å². The molecule has 1 amide bonds. The standard InChI is InChI=1S/C20H21NO4/c1-12-9-13(2)11-17(10-12)20(24)25-15(4)19(23)21-18-7-5-16(6-8-18)14(3)22/h5-11,15H,1-4H3,(H,21,23). The summed E-state index contributed by atoms with van der Waals surface area (Å²) in [6.07, 6.45) is -0.944. The third-order valence-corrected chi connectivity index (χ3v) is 3.67. The fourth-order valence-electron chi connectivity index (χ4n) is 2.41. The molecular weight excluding hydrogens is 318 g/mol. The number of carbonyl (C=O) groups excluding carboxylic acids is 3. The highest BCUT2D eigenvalue weighted by molar-refractivity contribution is 5.98. The van der Waals surface area contributed by atoms with Crippen LogP contribution in [0.5, 0.6) is 0 Å². The highest BCUT2D eigenvalue weighted by atomic mass is 16.5. The maximum Gasteiger partial charge on any atom is 0.338 e. The van der Waals surface area contributed by atoms with Crippen LogP contribution in [-0.2, 0) is 9.53 Å². The Balaban J connectivity index is 1.99. The molecule has 1 atom stereocenters. The topological polar surface area (TPSA) is 72.5 Å². The monoisotopic (exact) mass is 339 g/mol. The maximum absolute atomic E-state index is 12.2. The summed E-state index contributed by atoms with van der Waals surface area (Å²) in [5.74, 6) is -1.02. The van der Waals surface area contributed by atoms with E-state index < -0.39 is 18.0 Å².